The molecule has 150 valence electrons. The summed E-state index contributed by atoms with van der Waals surface area (Å²) < 4.78 is 5.37. The smallest absolute Gasteiger partial charge is 0.263 e. The van der Waals surface area contributed by atoms with Crippen LogP contribution in [0, 0.1) is 5.92 Å². The minimum Gasteiger partial charge on any atom is -0.496 e. The normalized spacial score (nSPS) is 14.6. The number of aromatic amines is 1. The van der Waals surface area contributed by atoms with Crippen LogP contribution in [0.4, 0.5) is 5.82 Å². The second kappa shape index (κ2) is 8.48. The molecule has 0 atom stereocenters. The number of aromatic nitrogens is 2. The average molecular weight is 410 g/mol. The van der Waals surface area contributed by atoms with E-state index in [-0.39, 0.29) is 17.7 Å². The number of H-pyrrole nitrogens is 1. The van der Waals surface area contributed by atoms with Crippen molar-refractivity contribution < 1.29 is 14.3 Å². The summed E-state index contributed by atoms with van der Waals surface area (Å²) >= 11 is 1.45. The molecule has 8 heteroatoms. The molecule has 1 saturated heterocycles. The highest BCUT2D eigenvalue weighted by molar-refractivity contribution is 7.12. The van der Waals surface area contributed by atoms with Crippen LogP contribution in [0.25, 0.3) is 11.3 Å². The Balaban J connectivity index is 1.35. The van der Waals surface area contributed by atoms with Gasteiger partial charge in [-0.05, 0) is 36.4 Å². The topological polar surface area (TPSA) is 87.3 Å². The highest BCUT2D eigenvalue weighted by Gasteiger charge is 2.28. The fraction of sp³-hybridized carbons (Fsp3) is 0.286. The van der Waals surface area contributed by atoms with Gasteiger partial charge in [0.1, 0.15) is 5.75 Å². The van der Waals surface area contributed by atoms with Crippen molar-refractivity contribution in [2.45, 2.75) is 12.8 Å². The molecule has 2 aromatic heterocycles. The van der Waals surface area contributed by atoms with Crippen molar-refractivity contribution in [1.29, 1.82) is 0 Å². The van der Waals surface area contributed by atoms with Gasteiger partial charge in [0, 0.05) is 30.6 Å². The molecule has 0 unspecified atom stereocenters. The van der Waals surface area contributed by atoms with E-state index in [0.29, 0.717) is 31.7 Å². The van der Waals surface area contributed by atoms with Crippen molar-refractivity contribution in [1.82, 2.24) is 15.1 Å². The number of rotatable bonds is 5. The van der Waals surface area contributed by atoms with Gasteiger partial charge in [-0.2, -0.15) is 5.10 Å². The molecule has 0 spiro atoms. The number of para-hydroxylation sites is 1. The van der Waals surface area contributed by atoms with E-state index in [4.69, 9.17) is 4.74 Å². The minimum absolute atomic E-state index is 0.0487. The molecule has 4 rings (SSSR count). The Bertz CT molecular complexity index is 991. The number of amides is 2. The van der Waals surface area contributed by atoms with Crippen LogP contribution in [0.3, 0.4) is 0 Å². The molecule has 7 nitrogen and oxygen atoms in total. The molecule has 2 N–H and O–H groups in total. The maximum absolute atomic E-state index is 12.7. The third-order valence-corrected chi connectivity index (χ3v) is 5.97. The van der Waals surface area contributed by atoms with Crippen molar-refractivity contribution >= 4 is 29.0 Å². The molecule has 0 aliphatic carbocycles. The van der Waals surface area contributed by atoms with Crippen LogP contribution in [-0.4, -0.2) is 47.1 Å². The zero-order chi connectivity index (χ0) is 20.2. The van der Waals surface area contributed by atoms with Crippen LogP contribution in [-0.2, 0) is 4.79 Å². The summed E-state index contributed by atoms with van der Waals surface area (Å²) in [5, 5.41) is 11.9. The summed E-state index contributed by atoms with van der Waals surface area (Å²) in [5.41, 5.74) is 1.65. The van der Waals surface area contributed by atoms with Crippen LogP contribution in [0.2, 0.25) is 0 Å². The zero-order valence-corrected chi connectivity index (χ0v) is 16.9. The summed E-state index contributed by atoms with van der Waals surface area (Å²) in [6, 6.07) is 13.1. The first-order valence-corrected chi connectivity index (χ1v) is 10.4. The van der Waals surface area contributed by atoms with E-state index in [1.54, 1.807) is 13.2 Å². The molecule has 1 fully saturated rings. The monoisotopic (exact) mass is 410 g/mol. The number of nitrogens with zero attached hydrogens (tertiary/aromatic N) is 2. The quantitative estimate of drug-likeness (QED) is 0.672. The second-order valence-electron chi connectivity index (χ2n) is 6.90. The van der Waals surface area contributed by atoms with Crippen LogP contribution in [0.1, 0.15) is 22.5 Å². The molecule has 29 heavy (non-hydrogen) atoms. The number of carbonyl (C=O) groups is 2. The van der Waals surface area contributed by atoms with Crippen molar-refractivity contribution in [2.75, 3.05) is 25.5 Å². The van der Waals surface area contributed by atoms with Crippen LogP contribution in [0.15, 0.2) is 47.8 Å². The van der Waals surface area contributed by atoms with E-state index in [2.05, 4.69) is 15.5 Å². The third kappa shape index (κ3) is 4.17. The maximum atomic E-state index is 12.7. The van der Waals surface area contributed by atoms with Gasteiger partial charge in [-0.1, -0.05) is 18.2 Å². The SMILES string of the molecule is COc1ccccc1-c1cc(NC(=O)C2CCN(C(=O)c3cccs3)CC2)n[nH]1. The second-order valence-corrected chi connectivity index (χ2v) is 7.85. The summed E-state index contributed by atoms with van der Waals surface area (Å²) in [6.45, 7) is 1.17. The summed E-state index contributed by atoms with van der Waals surface area (Å²) in [6.07, 6.45) is 1.29. The Labute approximate surface area is 172 Å². The first kappa shape index (κ1) is 19.2. The van der Waals surface area contributed by atoms with E-state index in [1.165, 1.54) is 11.3 Å². The Kier molecular flexibility index (Phi) is 5.62. The van der Waals surface area contributed by atoms with Gasteiger partial charge in [0.25, 0.3) is 5.91 Å². The first-order valence-electron chi connectivity index (χ1n) is 9.48. The number of likely N-dealkylation sites (tertiary alicyclic amines) is 1. The van der Waals surface area contributed by atoms with Crippen molar-refractivity contribution in [3.8, 4) is 17.0 Å². The number of thiophene rings is 1. The number of carbonyl (C=O) groups excluding carboxylic acids is 2. The van der Waals surface area contributed by atoms with Gasteiger partial charge in [-0.25, -0.2) is 0 Å². The number of hydrogen-bond donors (Lipinski definition) is 2. The molecule has 1 aliphatic heterocycles. The lowest BCUT2D eigenvalue weighted by Crippen LogP contribution is -2.41. The number of nitrogens with one attached hydrogen (secondary N) is 2. The van der Waals surface area contributed by atoms with Gasteiger partial charge < -0.3 is 15.0 Å². The van der Waals surface area contributed by atoms with E-state index in [0.717, 1.165) is 21.9 Å². The number of piperidine rings is 1. The van der Waals surface area contributed by atoms with E-state index in [1.807, 2.05) is 46.7 Å². The lowest BCUT2D eigenvalue weighted by Gasteiger charge is -2.30. The summed E-state index contributed by atoms with van der Waals surface area (Å²) in [7, 11) is 1.62. The number of benzene rings is 1. The Morgan fingerprint density at radius 1 is 1.21 bits per heavy atom. The summed E-state index contributed by atoms with van der Waals surface area (Å²) in [5.74, 6) is 1.07. The van der Waals surface area contributed by atoms with E-state index in [9.17, 15) is 9.59 Å². The van der Waals surface area contributed by atoms with Crippen LogP contribution >= 0.6 is 11.3 Å². The highest BCUT2D eigenvalue weighted by atomic mass is 32.1. The van der Waals surface area contributed by atoms with Crippen LogP contribution < -0.4 is 10.1 Å². The van der Waals surface area contributed by atoms with Crippen molar-refractivity contribution in [2.24, 2.45) is 5.92 Å². The molecule has 1 aromatic carbocycles. The largest absolute Gasteiger partial charge is 0.496 e. The molecule has 1 aliphatic rings. The molecular formula is C21H22N4O3S. The highest BCUT2D eigenvalue weighted by Crippen LogP contribution is 2.29. The standard InChI is InChI=1S/C21H22N4O3S/c1-28-17-6-3-2-5-15(17)16-13-19(24-23-16)22-20(26)14-8-10-25(11-9-14)21(27)18-7-4-12-29-18/h2-7,12-14H,8-11H2,1H3,(H2,22,23,24,26). The zero-order valence-electron chi connectivity index (χ0n) is 16.1. The van der Waals surface area contributed by atoms with Gasteiger partial charge in [-0.15, -0.1) is 11.3 Å². The molecular weight excluding hydrogens is 388 g/mol. The number of ether oxygens (including phenoxy) is 1. The molecule has 3 aromatic rings. The number of anilines is 1. The van der Waals surface area contributed by atoms with Gasteiger partial charge >= 0.3 is 0 Å². The third-order valence-electron chi connectivity index (χ3n) is 5.11. The first-order chi connectivity index (χ1) is 14.2. The molecule has 0 saturated carbocycles. The van der Waals surface area contributed by atoms with Gasteiger partial charge in [0.05, 0.1) is 17.7 Å². The van der Waals surface area contributed by atoms with Gasteiger partial charge in [-0.3, -0.25) is 14.7 Å². The van der Waals surface area contributed by atoms with Gasteiger partial charge in [0.15, 0.2) is 5.82 Å². The van der Waals surface area contributed by atoms with Crippen LogP contribution in [0.5, 0.6) is 5.75 Å². The minimum atomic E-state index is -0.131. The van der Waals surface area contributed by atoms with Gasteiger partial charge in [0.2, 0.25) is 5.91 Å². The maximum Gasteiger partial charge on any atom is 0.263 e. The molecule has 2 amide bonds. The van der Waals surface area contributed by atoms with Crippen molar-refractivity contribution in [3.05, 3.63) is 52.7 Å². The van der Waals surface area contributed by atoms with Crippen molar-refractivity contribution in [3.63, 3.8) is 0 Å². The fourth-order valence-electron chi connectivity index (χ4n) is 3.52. The average Bonchev–Trinajstić information content (AvgIpc) is 3.46. The lowest BCUT2D eigenvalue weighted by atomic mass is 9.96. The Morgan fingerprint density at radius 2 is 2.00 bits per heavy atom. The lowest BCUT2D eigenvalue weighted by molar-refractivity contribution is -0.121. The number of hydrogen-bond acceptors (Lipinski definition) is 5. The Morgan fingerprint density at radius 3 is 2.72 bits per heavy atom. The Hall–Kier alpha value is -3.13. The predicted octanol–water partition coefficient (Wildman–Crippen LogP) is 3.64. The number of methoxy groups -OCH3 is 1. The molecule has 0 bridgehead atoms. The molecule has 0 radical (unpaired) electrons. The molecule has 3 heterocycles. The fourth-order valence-corrected chi connectivity index (χ4v) is 4.21. The predicted molar refractivity (Wildman–Crippen MR) is 112 cm³/mol. The summed E-state index contributed by atoms with van der Waals surface area (Å²) in [4.78, 5) is 27.6. The van der Waals surface area contributed by atoms with E-state index < -0.39 is 0 Å². The van der Waals surface area contributed by atoms with E-state index >= 15 is 0 Å².